The summed E-state index contributed by atoms with van der Waals surface area (Å²) in [4.78, 5) is 31.1. The van der Waals surface area contributed by atoms with Gasteiger partial charge in [0, 0.05) is 18.9 Å². The summed E-state index contributed by atoms with van der Waals surface area (Å²) < 4.78 is 1.39. The molecule has 1 fully saturated rings. The molecule has 23 heavy (non-hydrogen) atoms. The molecule has 0 aromatic carbocycles. The molecule has 1 aliphatic heterocycles. The normalized spacial score (nSPS) is 15.7. The van der Waals surface area contributed by atoms with Gasteiger partial charge in [0.1, 0.15) is 11.2 Å². The average Bonchev–Trinajstić information content (AvgIpc) is 2.60. The van der Waals surface area contributed by atoms with Crippen molar-refractivity contribution in [1.82, 2.24) is 19.6 Å². The number of piperidine rings is 1. The zero-order valence-corrected chi connectivity index (χ0v) is 13.2. The number of rotatable bonds is 5. The van der Waals surface area contributed by atoms with Gasteiger partial charge in [0.25, 0.3) is 11.5 Å². The maximum atomic E-state index is 12.3. The molecule has 6 nitrogen and oxygen atoms in total. The summed E-state index contributed by atoms with van der Waals surface area (Å²) >= 11 is 0. The van der Waals surface area contributed by atoms with Crippen LogP contribution < -0.4 is 10.9 Å². The number of likely N-dealkylation sites (tertiary alicyclic amines) is 1. The predicted octanol–water partition coefficient (Wildman–Crippen LogP) is 1.30. The Kier molecular flexibility index (Phi) is 5.02. The third-order valence-corrected chi connectivity index (χ3v) is 4.24. The first-order chi connectivity index (χ1) is 11.3. The summed E-state index contributed by atoms with van der Waals surface area (Å²) in [5.41, 5.74) is 0.301. The van der Waals surface area contributed by atoms with Crippen molar-refractivity contribution in [2.45, 2.75) is 25.7 Å². The molecule has 1 saturated heterocycles. The van der Waals surface area contributed by atoms with Gasteiger partial charge >= 0.3 is 0 Å². The molecular formula is C17H22N4O2. The third-order valence-electron chi connectivity index (χ3n) is 4.24. The van der Waals surface area contributed by atoms with Gasteiger partial charge < -0.3 is 10.2 Å². The van der Waals surface area contributed by atoms with E-state index in [1.54, 1.807) is 18.3 Å². The number of pyridine rings is 1. The quantitative estimate of drug-likeness (QED) is 0.845. The first-order valence-electron chi connectivity index (χ1n) is 8.23. The van der Waals surface area contributed by atoms with E-state index in [1.165, 1.54) is 29.9 Å². The van der Waals surface area contributed by atoms with Crippen LogP contribution in [-0.2, 0) is 0 Å². The highest BCUT2D eigenvalue weighted by Crippen LogP contribution is 2.08. The second-order valence-electron chi connectivity index (χ2n) is 5.92. The average molecular weight is 314 g/mol. The van der Waals surface area contributed by atoms with Crippen molar-refractivity contribution in [2.75, 3.05) is 26.2 Å². The minimum absolute atomic E-state index is 0.0895. The van der Waals surface area contributed by atoms with Crippen molar-refractivity contribution >= 4 is 11.6 Å². The highest BCUT2D eigenvalue weighted by molar-refractivity contribution is 5.93. The number of fused-ring (bicyclic) bond motifs is 1. The van der Waals surface area contributed by atoms with Gasteiger partial charge in [-0.1, -0.05) is 12.5 Å². The molecule has 3 heterocycles. The van der Waals surface area contributed by atoms with Gasteiger partial charge in [-0.05, 0) is 51.0 Å². The van der Waals surface area contributed by atoms with E-state index in [1.807, 2.05) is 6.07 Å². The molecule has 2 aromatic rings. The summed E-state index contributed by atoms with van der Waals surface area (Å²) in [5.74, 6) is -0.348. The lowest BCUT2D eigenvalue weighted by molar-refractivity contribution is 0.0949. The summed E-state index contributed by atoms with van der Waals surface area (Å²) in [6, 6.07) is 5.29. The molecule has 6 heteroatoms. The number of aromatic nitrogens is 2. The van der Waals surface area contributed by atoms with Crippen molar-refractivity contribution in [1.29, 1.82) is 0 Å². The fourth-order valence-corrected chi connectivity index (χ4v) is 2.97. The Labute approximate surface area is 135 Å². The summed E-state index contributed by atoms with van der Waals surface area (Å²) in [7, 11) is 0. The van der Waals surface area contributed by atoms with Gasteiger partial charge in [0.15, 0.2) is 0 Å². The van der Waals surface area contributed by atoms with E-state index in [0.29, 0.717) is 12.2 Å². The van der Waals surface area contributed by atoms with Crippen molar-refractivity contribution in [3.63, 3.8) is 0 Å². The minimum atomic E-state index is -0.348. The lowest BCUT2D eigenvalue weighted by atomic mass is 10.1. The first-order valence-corrected chi connectivity index (χ1v) is 8.23. The number of nitrogens with zero attached hydrogens (tertiary/aromatic N) is 3. The molecule has 0 atom stereocenters. The van der Waals surface area contributed by atoms with Crippen LogP contribution in [0.4, 0.5) is 0 Å². The number of nitrogens with one attached hydrogen (secondary N) is 1. The van der Waals surface area contributed by atoms with Crippen LogP contribution >= 0.6 is 0 Å². The third kappa shape index (κ3) is 3.76. The molecule has 1 amide bonds. The van der Waals surface area contributed by atoms with Gasteiger partial charge in [-0.2, -0.15) is 0 Å². The van der Waals surface area contributed by atoms with E-state index in [4.69, 9.17) is 0 Å². The largest absolute Gasteiger partial charge is 0.352 e. The second kappa shape index (κ2) is 7.37. The zero-order chi connectivity index (χ0) is 16.1. The van der Waals surface area contributed by atoms with Crippen LogP contribution in [0.25, 0.3) is 5.65 Å². The van der Waals surface area contributed by atoms with Crippen molar-refractivity contribution < 1.29 is 4.79 Å². The smallest absolute Gasteiger partial charge is 0.270 e. The van der Waals surface area contributed by atoms with Crippen LogP contribution in [-0.4, -0.2) is 46.4 Å². The van der Waals surface area contributed by atoms with E-state index in [-0.39, 0.29) is 17.0 Å². The molecule has 3 rings (SSSR count). The topological polar surface area (TPSA) is 66.7 Å². The lowest BCUT2D eigenvalue weighted by Crippen LogP contribution is -2.35. The zero-order valence-electron chi connectivity index (χ0n) is 13.2. The van der Waals surface area contributed by atoms with Gasteiger partial charge in [0.05, 0.1) is 0 Å². The molecule has 0 spiro atoms. The van der Waals surface area contributed by atoms with Crippen molar-refractivity contribution in [2.24, 2.45) is 0 Å². The molecule has 2 aromatic heterocycles. The molecule has 0 aliphatic carbocycles. The number of amides is 1. The maximum absolute atomic E-state index is 12.3. The Morgan fingerprint density at radius 3 is 2.87 bits per heavy atom. The monoisotopic (exact) mass is 314 g/mol. The van der Waals surface area contributed by atoms with Crippen LogP contribution in [0, 0.1) is 0 Å². The fourth-order valence-electron chi connectivity index (χ4n) is 2.97. The van der Waals surface area contributed by atoms with Crippen LogP contribution in [0.5, 0.6) is 0 Å². The first kappa shape index (κ1) is 15.7. The predicted molar refractivity (Wildman–Crippen MR) is 88.7 cm³/mol. The molecular weight excluding hydrogens is 292 g/mol. The van der Waals surface area contributed by atoms with E-state index >= 15 is 0 Å². The standard InChI is InChI=1S/C17H22N4O2/c22-16(18-8-6-11-20-9-3-1-4-10-20)14-13-19-15-7-2-5-12-21(15)17(14)23/h2,5,7,12-13H,1,3-4,6,8-11H2,(H,18,22). The molecule has 122 valence electrons. The van der Waals surface area contributed by atoms with Crippen LogP contribution in [0.15, 0.2) is 35.4 Å². The number of carbonyl (C=O) groups excluding carboxylic acids is 1. The molecule has 0 radical (unpaired) electrons. The second-order valence-corrected chi connectivity index (χ2v) is 5.92. The minimum Gasteiger partial charge on any atom is -0.352 e. The highest BCUT2D eigenvalue weighted by Gasteiger charge is 2.13. The Morgan fingerprint density at radius 2 is 2.04 bits per heavy atom. The van der Waals surface area contributed by atoms with Gasteiger partial charge in [-0.25, -0.2) is 4.98 Å². The Bertz CT molecular complexity index is 735. The summed E-state index contributed by atoms with van der Waals surface area (Å²) in [5, 5.41) is 2.83. The molecule has 1 aliphatic rings. The van der Waals surface area contributed by atoms with Crippen molar-refractivity contribution in [3.05, 3.63) is 46.5 Å². The fraction of sp³-hybridized carbons (Fsp3) is 0.471. The summed E-state index contributed by atoms with van der Waals surface area (Å²) in [6.07, 6.45) is 7.74. The van der Waals surface area contributed by atoms with E-state index in [9.17, 15) is 9.59 Å². The van der Waals surface area contributed by atoms with E-state index < -0.39 is 0 Å². The van der Waals surface area contributed by atoms with Gasteiger partial charge in [-0.15, -0.1) is 0 Å². The lowest BCUT2D eigenvalue weighted by Gasteiger charge is -2.26. The van der Waals surface area contributed by atoms with Gasteiger partial charge in [0.2, 0.25) is 0 Å². The SMILES string of the molecule is O=C(NCCCN1CCCCC1)c1cnc2ccccn2c1=O. The highest BCUT2D eigenvalue weighted by atomic mass is 16.2. The van der Waals surface area contributed by atoms with Crippen LogP contribution in [0.2, 0.25) is 0 Å². The molecule has 0 saturated carbocycles. The Hall–Kier alpha value is -2.21. The molecule has 0 bridgehead atoms. The maximum Gasteiger partial charge on any atom is 0.270 e. The molecule has 1 N–H and O–H groups in total. The number of carbonyl (C=O) groups is 1. The van der Waals surface area contributed by atoms with Crippen LogP contribution in [0.1, 0.15) is 36.0 Å². The van der Waals surface area contributed by atoms with Crippen molar-refractivity contribution in [3.8, 4) is 0 Å². The Morgan fingerprint density at radius 1 is 1.22 bits per heavy atom. The van der Waals surface area contributed by atoms with E-state index in [2.05, 4.69) is 15.2 Å². The molecule has 0 unspecified atom stereocenters. The Balaban J connectivity index is 1.56. The van der Waals surface area contributed by atoms with E-state index in [0.717, 1.165) is 26.1 Å². The van der Waals surface area contributed by atoms with Crippen LogP contribution in [0.3, 0.4) is 0 Å². The van der Waals surface area contributed by atoms with Gasteiger partial charge in [-0.3, -0.25) is 14.0 Å². The number of hydrogen-bond donors (Lipinski definition) is 1. The summed E-state index contributed by atoms with van der Waals surface area (Å²) in [6.45, 7) is 3.88. The number of hydrogen-bond acceptors (Lipinski definition) is 4.